The summed E-state index contributed by atoms with van der Waals surface area (Å²) in [5.41, 5.74) is 0.647. The molecule has 5 heteroatoms. The lowest BCUT2D eigenvalue weighted by Crippen LogP contribution is -2.08. The molecule has 0 aliphatic heterocycles. The predicted molar refractivity (Wildman–Crippen MR) is 64.6 cm³/mol. The van der Waals surface area contributed by atoms with Crippen molar-refractivity contribution in [1.82, 2.24) is 0 Å². The Morgan fingerprint density at radius 3 is 2.65 bits per heavy atom. The first kappa shape index (κ1) is 13.5. The van der Waals surface area contributed by atoms with Crippen LogP contribution in [-0.2, 0) is 9.84 Å². The van der Waals surface area contributed by atoms with Crippen molar-refractivity contribution in [3.63, 3.8) is 0 Å². The smallest absolute Gasteiger partial charge is 0.179 e. The molecule has 0 N–H and O–H groups in total. The highest BCUT2D eigenvalue weighted by molar-refractivity contribution is 7.91. The SMILES string of the molecule is CCOc1ccc(S(=O)(=O)CCC#N)c(C)c1. The third-order valence-electron chi connectivity index (χ3n) is 2.28. The van der Waals surface area contributed by atoms with Crippen LogP contribution < -0.4 is 4.74 Å². The monoisotopic (exact) mass is 253 g/mol. The number of nitriles is 1. The van der Waals surface area contributed by atoms with Crippen molar-refractivity contribution in [3.05, 3.63) is 23.8 Å². The molecular formula is C12H15NO3S. The van der Waals surface area contributed by atoms with Crippen LogP contribution >= 0.6 is 0 Å². The van der Waals surface area contributed by atoms with Crippen molar-refractivity contribution in [3.8, 4) is 11.8 Å². The van der Waals surface area contributed by atoms with Gasteiger partial charge in [-0.05, 0) is 37.6 Å². The molecule has 0 unspecified atom stereocenters. The summed E-state index contributed by atoms with van der Waals surface area (Å²) in [6.07, 6.45) is 0.00891. The van der Waals surface area contributed by atoms with E-state index in [9.17, 15) is 8.42 Å². The zero-order valence-corrected chi connectivity index (χ0v) is 10.8. The van der Waals surface area contributed by atoms with E-state index in [2.05, 4.69) is 0 Å². The normalized spacial score (nSPS) is 10.9. The standard InChI is InChI=1S/C12H15NO3S/c1-3-16-11-5-6-12(10(2)9-11)17(14,15)8-4-7-13/h5-6,9H,3-4,8H2,1-2H3. The number of sulfone groups is 1. The Kier molecular flexibility index (Phi) is 4.53. The minimum absolute atomic E-state index is 0.00891. The molecule has 0 bridgehead atoms. The van der Waals surface area contributed by atoms with Gasteiger partial charge in [0, 0.05) is 6.42 Å². The van der Waals surface area contributed by atoms with Crippen LogP contribution in [0.1, 0.15) is 18.9 Å². The van der Waals surface area contributed by atoms with Crippen LogP contribution in [0.4, 0.5) is 0 Å². The molecule has 0 aliphatic carbocycles. The van der Waals surface area contributed by atoms with Gasteiger partial charge in [0.1, 0.15) is 5.75 Å². The minimum atomic E-state index is -3.36. The second-order valence-electron chi connectivity index (χ2n) is 3.59. The van der Waals surface area contributed by atoms with E-state index in [-0.39, 0.29) is 17.1 Å². The number of hydrogen-bond acceptors (Lipinski definition) is 4. The van der Waals surface area contributed by atoms with Crippen LogP contribution in [0.3, 0.4) is 0 Å². The summed E-state index contributed by atoms with van der Waals surface area (Å²) in [4.78, 5) is 0.274. The number of nitrogens with zero attached hydrogens (tertiary/aromatic N) is 1. The van der Waals surface area contributed by atoms with E-state index >= 15 is 0 Å². The first-order chi connectivity index (χ1) is 8.01. The summed E-state index contributed by atoms with van der Waals surface area (Å²) in [5.74, 6) is 0.516. The number of ether oxygens (including phenoxy) is 1. The Balaban J connectivity index is 3.04. The van der Waals surface area contributed by atoms with Crippen LogP contribution in [0, 0.1) is 18.3 Å². The largest absolute Gasteiger partial charge is 0.494 e. The molecule has 0 amide bonds. The highest BCUT2D eigenvalue weighted by Crippen LogP contribution is 2.22. The topological polar surface area (TPSA) is 67.2 Å². The lowest BCUT2D eigenvalue weighted by Gasteiger charge is -2.09. The molecule has 1 rings (SSSR count). The average Bonchev–Trinajstić information content (AvgIpc) is 2.26. The Morgan fingerprint density at radius 2 is 2.12 bits per heavy atom. The molecule has 1 aromatic rings. The number of aryl methyl sites for hydroxylation is 1. The first-order valence-electron chi connectivity index (χ1n) is 5.34. The molecule has 92 valence electrons. The van der Waals surface area contributed by atoms with Gasteiger partial charge >= 0.3 is 0 Å². The van der Waals surface area contributed by atoms with Gasteiger partial charge in [-0.25, -0.2) is 8.42 Å². The van der Waals surface area contributed by atoms with Gasteiger partial charge in [-0.2, -0.15) is 5.26 Å². The van der Waals surface area contributed by atoms with Crippen molar-refractivity contribution in [2.75, 3.05) is 12.4 Å². The lowest BCUT2D eigenvalue weighted by molar-refractivity contribution is 0.339. The molecule has 0 fully saturated rings. The maximum atomic E-state index is 11.9. The van der Waals surface area contributed by atoms with E-state index in [1.54, 1.807) is 19.1 Å². The highest BCUT2D eigenvalue weighted by atomic mass is 32.2. The van der Waals surface area contributed by atoms with Crippen LogP contribution in [-0.4, -0.2) is 20.8 Å². The summed E-state index contributed by atoms with van der Waals surface area (Å²) in [5, 5.41) is 8.43. The van der Waals surface area contributed by atoms with Gasteiger partial charge in [-0.3, -0.25) is 0 Å². The Morgan fingerprint density at radius 1 is 1.41 bits per heavy atom. The van der Waals surface area contributed by atoms with E-state index in [1.165, 1.54) is 6.07 Å². The predicted octanol–water partition coefficient (Wildman–Crippen LogP) is 2.08. The van der Waals surface area contributed by atoms with Gasteiger partial charge in [0.25, 0.3) is 0 Å². The molecular weight excluding hydrogens is 238 g/mol. The average molecular weight is 253 g/mol. The Labute approximate surface area is 102 Å². The summed E-state index contributed by atoms with van der Waals surface area (Å²) in [6, 6.07) is 6.71. The fraction of sp³-hybridized carbons (Fsp3) is 0.417. The van der Waals surface area contributed by atoms with Gasteiger partial charge in [0.15, 0.2) is 9.84 Å². The molecule has 0 aliphatic rings. The summed E-state index contributed by atoms with van der Waals surface area (Å²) >= 11 is 0. The van der Waals surface area contributed by atoms with Gasteiger partial charge in [-0.15, -0.1) is 0 Å². The number of rotatable bonds is 5. The fourth-order valence-corrected chi connectivity index (χ4v) is 2.92. The zero-order valence-electron chi connectivity index (χ0n) is 9.93. The van der Waals surface area contributed by atoms with E-state index in [1.807, 2.05) is 13.0 Å². The van der Waals surface area contributed by atoms with Crippen LogP contribution in [0.5, 0.6) is 5.75 Å². The third kappa shape index (κ3) is 3.46. The molecule has 0 saturated heterocycles. The minimum Gasteiger partial charge on any atom is -0.494 e. The summed E-state index contributed by atoms with van der Waals surface area (Å²) in [6.45, 7) is 4.13. The molecule has 0 saturated carbocycles. The van der Waals surface area contributed by atoms with Gasteiger partial charge in [0.2, 0.25) is 0 Å². The zero-order chi connectivity index (χ0) is 12.9. The van der Waals surface area contributed by atoms with Crippen molar-refractivity contribution >= 4 is 9.84 Å². The molecule has 1 aromatic carbocycles. The van der Waals surface area contributed by atoms with Crippen molar-refractivity contribution in [1.29, 1.82) is 5.26 Å². The Hall–Kier alpha value is -1.54. The molecule has 0 aromatic heterocycles. The molecule has 0 atom stereocenters. The lowest BCUT2D eigenvalue weighted by atomic mass is 10.2. The first-order valence-corrected chi connectivity index (χ1v) is 6.99. The van der Waals surface area contributed by atoms with E-state index in [0.717, 1.165) is 0 Å². The van der Waals surface area contributed by atoms with E-state index in [0.29, 0.717) is 17.9 Å². The third-order valence-corrected chi connectivity index (χ3v) is 4.14. The van der Waals surface area contributed by atoms with Crippen LogP contribution in [0.2, 0.25) is 0 Å². The van der Waals surface area contributed by atoms with E-state index in [4.69, 9.17) is 10.00 Å². The van der Waals surface area contributed by atoms with Crippen molar-refractivity contribution in [2.45, 2.75) is 25.2 Å². The van der Waals surface area contributed by atoms with E-state index < -0.39 is 9.84 Å². The molecule has 17 heavy (non-hydrogen) atoms. The summed E-state index contributed by atoms with van der Waals surface area (Å²) < 4.78 is 29.1. The molecule has 4 nitrogen and oxygen atoms in total. The molecule has 0 radical (unpaired) electrons. The highest BCUT2D eigenvalue weighted by Gasteiger charge is 2.16. The molecule has 0 heterocycles. The van der Waals surface area contributed by atoms with Crippen LogP contribution in [0.25, 0.3) is 0 Å². The van der Waals surface area contributed by atoms with Crippen molar-refractivity contribution < 1.29 is 13.2 Å². The van der Waals surface area contributed by atoms with Gasteiger partial charge < -0.3 is 4.74 Å². The second-order valence-corrected chi connectivity index (χ2v) is 5.66. The van der Waals surface area contributed by atoms with Gasteiger partial charge in [-0.1, -0.05) is 0 Å². The number of benzene rings is 1. The van der Waals surface area contributed by atoms with Gasteiger partial charge in [0.05, 0.1) is 23.3 Å². The second kappa shape index (κ2) is 5.69. The van der Waals surface area contributed by atoms with Crippen molar-refractivity contribution in [2.24, 2.45) is 0 Å². The fourth-order valence-electron chi connectivity index (χ4n) is 1.52. The summed E-state index contributed by atoms with van der Waals surface area (Å²) in [7, 11) is -3.36. The van der Waals surface area contributed by atoms with Crippen LogP contribution in [0.15, 0.2) is 23.1 Å². The Bertz CT molecular complexity index is 529. The maximum absolute atomic E-state index is 11.9. The quantitative estimate of drug-likeness (QED) is 0.805. The maximum Gasteiger partial charge on any atom is 0.179 e. The number of hydrogen-bond donors (Lipinski definition) is 0. The molecule has 0 spiro atoms.